The fourth-order valence-electron chi connectivity index (χ4n) is 4.95. The van der Waals surface area contributed by atoms with Crippen LogP contribution >= 0.6 is 11.6 Å². The Bertz CT molecular complexity index is 1240. The summed E-state index contributed by atoms with van der Waals surface area (Å²) in [6, 6.07) is 12.2. The largest absolute Gasteiger partial charge is 0.496 e. The average Bonchev–Trinajstić information content (AvgIpc) is 2.98. The van der Waals surface area contributed by atoms with E-state index in [0.717, 1.165) is 5.56 Å². The van der Waals surface area contributed by atoms with E-state index < -0.39 is 10.0 Å². The summed E-state index contributed by atoms with van der Waals surface area (Å²) in [5.41, 5.74) is 1.24. The molecule has 0 bridgehead atoms. The van der Waals surface area contributed by atoms with Crippen LogP contribution in [0.3, 0.4) is 0 Å². The number of amides is 2. The number of sulfonamides is 1. The number of rotatable bonds is 14. The maximum atomic E-state index is 13.8. The molecule has 0 N–H and O–H groups in total. The zero-order chi connectivity index (χ0) is 30.0. The Labute approximate surface area is 248 Å². The zero-order valence-electron chi connectivity index (χ0n) is 24.2. The van der Waals surface area contributed by atoms with E-state index in [0.29, 0.717) is 61.0 Å². The van der Waals surface area contributed by atoms with Gasteiger partial charge in [0.05, 0.1) is 33.1 Å². The van der Waals surface area contributed by atoms with Crippen LogP contribution in [0.15, 0.2) is 42.5 Å². The van der Waals surface area contributed by atoms with Gasteiger partial charge in [-0.25, -0.2) is 8.42 Å². The maximum Gasteiger partial charge on any atom is 0.261 e. The number of benzene rings is 2. The van der Waals surface area contributed by atoms with Crippen molar-refractivity contribution in [3.8, 4) is 11.5 Å². The van der Waals surface area contributed by atoms with Gasteiger partial charge < -0.3 is 24.0 Å². The maximum absolute atomic E-state index is 13.8. The van der Waals surface area contributed by atoms with E-state index in [1.807, 2.05) is 12.1 Å². The van der Waals surface area contributed by atoms with E-state index in [1.54, 1.807) is 47.1 Å². The van der Waals surface area contributed by atoms with E-state index in [1.165, 1.54) is 25.6 Å². The van der Waals surface area contributed by atoms with Crippen LogP contribution in [0.1, 0.15) is 42.1 Å². The van der Waals surface area contributed by atoms with Gasteiger partial charge in [-0.2, -0.15) is 4.31 Å². The standard InChI is InChI=1S/C29H40ClN3O7S/c1-5-19-41(36,37)32(17-18-38-2)21-27(34)33(20-22-9-11-23(30)12-10-22)24-13-15-31(16-14-24)29(35)28-25(39-3)7-6-8-26(28)40-4/h6-12,24H,5,13-21H2,1-4H3. The number of ether oxygens (including phenoxy) is 3. The molecule has 0 aromatic heterocycles. The molecular formula is C29H40ClN3O7S. The number of halogens is 1. The highest BCUT2D eigenvalue weighted by atomic mass is 35.5. The molecule has 1 heterocycles. The van der Waals surface area contributed by atoms with Gasteiger partial charge in [-0.05, 0) is 49.1 Å². The van der Waals surface area contributed by atoms with Crippen molar-refractivity contribution >= 4 is 33.4 Å². The molecule has 2 amide bonds. The van der Waals surface area contributed by atoms with E-state index in [-0.39, 0.29) is 43.3 Å². The Hall–Kier alpha value is -2.86. The average molecular weight is 610 g/mol. The highest BCUT2D eigenvalue weighted by Crippen LogP contribution is 2.31. The molecule has 1 aliphatic heterocycles. The molecule has 1 aliphatic rings. The summed E-state index contributed by atoms with van der Waals surface area (Å²) in [5.74, 6) is 0.311. The smallest absolute Gasteiger partial charge is 0.261 e. The molecule has 0 aliphatic carbocycles. The Balaban J connectivity index is 1.82. The quantitative estimate of drug-likeness (QED) is 0.322. The molecule has 0 saturated carbocycles. The molecule has 10 nitrogen and oxygen atoms in total. The molecular weight excluding hydrogens is 570 g/mol. The second-order valence-electron chi connectivity index (χ2n) is 9.85. The lowest BCUT2D eigenvalue weighted by atomic mass is 10.0. The molecule has 2 aromatic carbocycles. The fourth-order valence-corrected chi connectivity index (χ4v) is 6.51. The number of nitrogens with zero attached hydrogens (tertiary/aromatic N) is 3. The van der Waals surface area contributed by atoms with Crippen molar-refractivity contribution in [3.05, 3.63) is 58.6 Å². The van der Waals surface area contributed by atoms with Crippen LogP contribution in [-0.2, 0) is 26.1 Å². The predicted octanol–water partition coefficient (Wildman–Crippen LogP) is 3.68. The number of carbonyl (C=O) groups is 2. The summed E-state index contributed by atoms with van der Waals surface area (Å²) in [7, 11) is 0.878. The van der Waals surface area contributed by atoms with E-state index in [4.69, 9.17) is 25.8 Å². The lowest BCUT2D eigenvalue weighted by molar-refractivity contribution is -0.135. The summed E-state index contributed by atoms with van der Waals surface area (Å²) in [5, 5.41) is 0.585. The lowest BCUT2D eigenvalue weighted by Crippen LogP contribution is -2.51. The minimum absolute atomic E-state index is 0.0475. The highest BCUT2D eigenvalue weighted by molar-refractivity contribution is 7.89. The third kappa shape index (κ3) is 8.57. The zero-order valence-corrected chi connectivity index (χ0v) is 25.7. The third-order valence-electron chi connectivity index (χ3n) is 7.13. The van der Waals surface area contributed by atoms with E-state index in [9.17, 15) is 18.0 Å². The van der Waals surface area contributed by atoms with Crippen molar-refractivity contribution in [2.75, 3.05) is 59.9 Å². The second kappa shape index (κ2) is 15.4. The first kappa shape index (κ1) is 32.7. The Morgan fingerprint density at radius 1 is 1.00 bits per heavy atom. The van der Waals surface area contributed by atoms with Crippen LogP contribution in [0, 0.1) is 0 Å². The van der Waals surface area contributed by atoms with Crippen molar-refractivity contribution in [2.45, 2.75) is 38.8 Å². The Morgan fingerprint density at radius 2 is 1.61 bits per heavy atom. The molecule has 3 rings (SSSR count). The second-order valence-corrected chi connectivity index (χ2v) is 12.4. The van der Waals surface area contributed by atoms with Gasteiger partial charge in [0.2, 0.25) is 15.9 Å². The van der Waals surface area contributed by atoms with Gasteiger partial charge in [0.25, 0.3) is 5.91 Å². The van der Waals surface area contributed by atoms with Crippen LogP contribution in [0.4, 0.5) is 0 Å². The summed E-state index contributed by atoms with van der Waals surface area (Å²) in [6.07, 6.45) is 1.50. The van der Waals surface area contributed by atoms with Crippen LogP contribution in [-0.4, -0.2) is 100 Å². The van der Waals surface area contributed by atoms with Crippen LogP contribution < -0.4 is 9.47 Å². The van der Waals surface area contributed by atoms with Crippen molar-refractivity contribution < 1.29 is 32.2 Å². The molecule has 2 aromatic rings. The van der Waals surface area contributed by atoms with Crippen molar-refractivity contribution in [1.29, 1.82) is 0 Å². The summed E-state index contributed by atoms with van der Waals surface area (Å²) < 4.78 is 43.1. The monoisotopic (exact) mass is 609 g/mol. The fraction of sp³-hybridized carbons (Fsp3) is 0.517. The van der Waals surface area contributed by atoms with Gasteiger partial charge in [0, 0.05) is 44.4 Å². The molecule has 0 unspecified atom stereocenters. The summed E-state index contributed by atoms with van der Waals surface area (Å²) in [4.78, 5) is 30.7. The van der Waals surface area contributed by atoms with Gasteiger partial charge in [-0.3, -0.25) is 9.59 Å². The first-order valence-corrected chi connectivity index (χ1v) is 15.6. The first-order chi connectivity index (χ1) is 19.6. The van der Waals surface area contributed by atoms with E-state index in [2.05, 4.69) is 0 Å². The van der Waals surface area contributed by atoms with Crippen LogP contribution in [0.5, 0.6) is 11.5 Å². The molecule has 1 fully saturated rings. The van der Waals surface area contributed by atoms with Crippen molar-refractivity contribution in [3.63, 3.8) is 0 Å². The highest BCUT2D eigenvalue weighted by Gasteiger charge is 2.34. The number of hydrogen-bond acceptors (Lipinski definition) is 7. The van der Waals surface area contributed by atoms with Gasteiger partial charge in [-0.1, -0.05) is 36.7 Å². The lowest BCUT2D eigenvalue weighted by Gasteiger charge is -2.39. The number of hydrogen-bond donors (Lipinski definition) is 0. The van der Waals surface area contributed by atoms with Gasteiger partial charge >= 0.3 is 0 Å². The van der Waals surface area contributed by atoms with Gasteiger partial charge in [0.1, 0.15) is 17.1 Å². The predicted molar refractivity (Wildman–Crippen MR) is 158 cm³/mol. The summed E-state index contributed by atoms with van der Waals surface area (Å²) in [6.45, 7) is 2.90. The number of likely N-dealkylation sites (tertiary alicyclic amines) is 1. The van der Waals surface area contributed by atoms with Gasteiger partial charge in [-0.15, -0.1) is 0 Å². The number of piperidine rings is 1. The SMILES string of the molecule is CCCS(=O)(=O)N(CCOC)CC(=O)N(Cc1ccc(Cl)cc1)C1CCN(C(=O)c2c(OC)cccc2OC)CC1. The molecule has 0 atom stereocenters. The van der Waals surface area contributed by atoms with Crippen LogP contribution in [0.25, 0.3) is 0 Å². The Kier molecular flexibility index (Phi) is 12.3. The van der Waals surface area contributed by atoms with Crippen LogP contribution in [0.2, 0.25) is 5.02 Å². The molecule has 0 radical (unpaired) electrons. The summed E-state index contributed by atoms with van der Waals surface area (Å²) >= 11 is 6.08. The topological polar surface area (TPSA) is 106 Å². The molecule has 12 heteroatoms. The normalized spacial score (nSPS) is 14.2. The number of carbonyl (C=O) groups excluding carboxylic acids is 2. The minimum Gasteiger partial charge on any atom is -0.496 e. The first-order valence-electron chi connectivity index (χ1n) is 13.7. The number of methoxy groups -OCH3 is 3. The Morgan fingerprint density at radius 3 is 2.15 bits per heavy atom. The molecule has 0 spiro atoms. The van der Waals surface area contributed by atoms with Gasteiger partial charge in [0.15, 0.2) is 0 Å². The third-order valence-corrected chi connectivity index (χ3v) is 9.41. The van der Waals surface area contributed by atoms with Crippen molar-refractivity contribution in [1.82, 2.24) is 14.1 Å². The van der Waals surface area contributed by atoms with Crippen molar-refractivity contribution in [2.24, 2.45) is 0 Å². The molecule has 1 saturated heterocycles. The minimum atomic E-state index is -3.63. The van der Waals surface area contributed by atoms with E-state index >= 15 is 0 Å². The molecule has 226 valence electrons. The molecule has 41 heavy (non-hydrogen) atoms.